The van der Waals surface area contributed by atoms with Crippen LogP contribution < -0.4 is 4.90 Å². The molecule has 0 saturated heterocycles. The minimum Gasteiger partial charge on any atom is -0.455 e. The van der Waals surface area contributed by atoms with Gasteiger partial charge in [-0.3, -0.25) is 0 Å². The van der Waals surface area contributed by atoms with E-state index < -0.39 is 0 Å². The second-order valence-corrected chi connectivity index (χ2v) is 15.6. The third kappa shape index (κ3) is 4.28. The number of hydrogen-bond acceptors (Lipinski definition) is 3. The molecule has 2 heterocycles. The molecule has 0 amide bonds. The molecule has 9 aromatic carbocycles. The number of furan rings is 2. The van der Waals surface area contributed by atoms with Gasteiger partial charge in [0.15, 0.2) is 5.58 Å². The summed E-state index contributed by atoms with van der Waals surface area (Å²) in [5.74, 6) is 0. The molecule has 0 radical (unpaired) electrons. The normalized spacial score (nSPS) is 13.3. The number of fused-ring (bicyclic) bond motifs is 13. The number of benzene rings is 9. The third-order valence-electron chi connectivity index (χ3n) is 12.3. The summed E-state index contributed by atoms with van der Waals surface area (Å²) in [6.45, 7) is 4.68. The summed E-state index contributed by atoms with van der Waals surface area (Å²) in [6.07, 6.45) is 0. The zero-order chi connectivity index (χ0) is 37.1. The van der Waals surface area contributed by atoms with Gasteiger partial charge in [-0.05, 0) is 81.1 Å². The maximum absolute atomic E-state index is 7.00. The van der Waals surface area contributed by atoms with Gasteiger partial charge in [-0.2, -0.15) is 0 Å². The summed E-state index contributed by atoms with van der Waals surface area (Å²) in [5.41, 5.74) is 14.1. The van der Waals surface area contributed by atoms with Crippen molar-refractivity contribution in [2.24, 2.45) is 0 Å². The van der Waals surface area contributed by atoms with Crippen LogP contribution in [0.2, 0.25) is 0 Å². The fraction of sp³-hybridized carbons (Fsp3) is 0.0566. The first-order chi connectivity index (χ1) is 27.5. The van der Waals surface area contributed by atoms with Gasteiger partial charge in [0, 0.05) is 49.0 Å². The molecule has 56 heavy (non-hydrogen) atoms. The summed E-state index contributed by atoms with van der Waals surface area (Å²) >= 11 is 0. The van der Waals surface area contributed by atoms with Crippen LogP contribution in [0.5, 0.6) is 0 Å². The fourth-order valence-electron chi connectivity index (χ4n) is 9.60. The monoisotopic (exact) mass is 717 g/mol. The lowest BCUT2D eigenvalue weighted by Gasteiger charge is -2.29. The van der Waals surface area contributed by atoms with E-state index in [9.17, 15) is 0 Å². The molecular formula is C53H35NO2. The number of para-hydroxylation sites is 1. The first-order valence-corrected chi connectivity index (χ1v) is 19.3. The minimum atomic E-state index is -0.140. The molecule has 1 aliphatic carbocycles. The first kappa shape index (κ1) is 31.3. The van der Waals surface area contributed by atoms with E-state index in [1.165, 1.54) is 33.0 Å². The van der Waals surface area contributed by atoms with Crippen LogP contribution >= 0.6 is 0 Å². The van der Waals surface area contributed by atoms with Crippen molar-refractivity contribution in [2.45, 2.75) is 19.3 Å². The van der Waals surface area contributed by atoms with Crippen molar-refractivity contribution in [1.29, 1.82) is 0 Å². The molecule has 0 bridgehead atoms. The van der Waals surface area contributed by atoms with Crippen LogP contribution in [0.1, 0.15) is 25.0 Å². The predicted octanol–water partition coefficient (Wildman–Crippen LogP) is 15.2. The van der Waals surface area contributed by atoms with E-state index in [2.05, 4.69) is 195 Å². The summed E-state index contributed by atoms with van der Waals surface area (Å²) in [5, 5.41) is 9.08. The second kappa shape index (κ2) is 11.5. The van der Waals surface area contributed by atoms with Crippen molar-refractivity contribution >= 4 is 82.5 Å². The van der Waals surface area contributed by atoms with Gasteiger partial charge in [0.05, 0.1) is 11.4 Å². The van der Waals surface area contributed by atoms with E-state index in [0.29, 0.717) is 0 Å². The van der Waals surface area contributed by atoms with Gasteiger partial charge >= 0.3 is 0 Å². The van der Waals surface area contributed by atoms with Crippen molar-refractivity contribution in [3.05, 3.63) is 187 Å². The predicted molar refractivity (Wildman–Crippen MR) is 234 cm³/mol. The van der Waals surface area contributed by atoms with Crippen molar-refractivity contribution in [3.63, 3.8) is 0 Å². The molecule has 0 saturated carbocycles. The zero-order valence-electron chi connectivity index (χ0n) is 31.0. The summed E-state index contributed by atoms with van der Waals surface area (Å²) in [7, 11) is 0. The Bertz CT molecular complexity index is 3400. The Balaban J connectivity index is 1.09. The van der Waals surface area contributed by atoms with E-state index in [1.807, 2.05) is 0 Å². The molecule has 3 nitrogen and oxygen atoms in total. The van der Waals surface area contributed by atoms with Crippen LogP contribution in [-0.4, -0.2) is 0 Å². The van der Waals surface area contributed by atoms with E-state index in [-0.39, 0.29) is 5.41 Å². The standard InChI is InChI=1S/C53H35NO2/c1-53(2)43-19-8-7-16-41(43)49-44(53)20-11-21-45(49)54(46-22-9-18-39-40-30-26-32-12-3-5-14-37(32)50(40)56-52(39)46)35-28-24-34(25-29-35)36-17-10-23-47-48(36)42-31-27-33-13-4-6-15-38(33)51(42)55-47/h3-31H,1-2H3. The van der Waals surface area contributed by atoms with Gasteiger partial charge in [0.25, 0.3) is 0 Å². The van der Waals surface area contributed by atoms with Crippen LogP contribution in [0.15, 0.2) is 185 Å². The Labute approximate surface area is 323 Å². The Morgan fingerprint density at radius 1 is 0.411 bits per heavy atom. The average molecular weight is 718 g/mol. The topological polar surface area (TPSA) is 29.5 Å². The van der Waals surface area contributed by atoms with Crippen molar-refractivity contribution in [1.82, 2.24) is 0 Å². The Kier molecular flexibility index (Phi) is 6.40. The smallest absolute Gasteiger partial charge is 0.159 e. The van der Waals surface area contributed by atoms with Gasteiger partial charge in [0.2, 0.25) is 0 Å². The van der Waals surface area contributed by atoms with Crippen LogP contribution in [0, 0.1) is 0 Å². The molecule has 0 aliphatic heterocycles. The summed E-state index contributed by atoms with van der Waals surface area (Å²) in [6, 6.07) is 63.4. The summed E-state index contributed by atoms with van der Waals surface area (Å²) < 4.78 is 13.6. The molecule has 0 fully saturated rings. The Morgan fingerprint density at radius 3 is 1.80 bits per heavy atom. The molecule has 0 spiro atoms. The molecule has 3 heteroatoms. The largest absolute Gasteiger partial charge is 0.455 e. The highest BCUT2D eigenvalue weighted by atomic mass is 16.3. The highest BCUT2D eigenvalue weighted by molar-refractivity contribution is 6.20. The van der Waals surface area contributed by atoms with Crippen LogP contribution in [0.25, 0.3) is 87.7 Å². The Morgan fingerprint density at radius 2 is 1.00 bits per heavy atom. The molecule has 0 N–H and O–H groups in total. The number of hydrogen-bond donors (Lipinski definition) is 0. The molecule has 12 rings (SSSR count). The number of nitrogens with zero attached hydrogens (tertiary/aromatic N) is 1. The van der Waals surface area contributed by atoms with Gasteiger partial charge < -0.3 is 13.7 Å². The van der Waals surface area contributed by atoms with Crippen molar-refractivity contribution in [3.8, 4) is 22.3 Å². The number of anilines is 3. The molecular weight excluding hydrogens is 683 g/mol. The van der Waals surface area contributed by atoms with Gasteiger partial charge in [-0.15, -0.1) is 0 Å². The maximum Gasteiger partial charge on any atom is 0.159 e. The zero-order valence-corrected chi connectivity index (χ0v) is 31.0. The van der Waals surface area contributed by atoms with Gasteiger partial charge in [-0.25, -0.2) is 0 Å². The van der Waals surface area contributed by atoms with E-state index in [4.69, 9.17) is 8.83 Å². The van der Waals surface area contributed by atoms with E-state index in [1.54, 1.807) is 0 Å². The molecule has 1 aliphatic rings. The lowest BCUT2D eigenvalue weighted by atomic mass is 9.82. The molecule has 264 valence electrons. The quantitative estimate of drug-likeness (QED) is 0.182. The maximum atomic E-state index is 7.00. The SMILES string of the molecule is CC1(C)c2ccccc2-c2c(N(c3ccc(-c4cccc5oc6c7ccccc7ccc6c45)cc3)c3cccc4c3oc3c5ccccc5ccc43)cccc21. The van der Waals surface area contributed by atoms with Crippen LogP contribution in [0.3, 0.4) is 0 Å². The number of rotatable bonds is 4. The molecule has 11 aromatic rings. The van der Waals surface area contributed by atoms with Crippen molar-refractivity contribution in [2.75, 3.05) is 4.90 Å². The Hall–Kier alpha value is -7.10. The van der Waals surface area contributed by atoms with Crippen LogP contribution in [-0.2, 0) is 5.41 Å². The highest BCUT2D eigenvalue weighted by Crippen LogP contribution is 2.55. The molecule has 0 unspecified atom stereocenters. The minimum absolute atomic E-state index is 0.140. The van der Waals surface area contributed by atoms with E-state index in [0.717, 1.165) is 82.8 Å². The van der Waals surface area contributed by atoms with Gasteiger partial charge in [-0.1, -0.05) is 147 Å². The molecule has 0 atom stereocenters. The first-order valence-electron chi connectivity index (χ1n) is 19.3. The second-order valence-electron chi connectivity index (χ2n) is 15.6. The average Bonchev–Trinajstić information content (AvgIpc) is 3.90. The van der Waals surface area contributed by atoms with Crippen LogP contribution in [0.4, 0.5) is 17.1 Å². The third-order valence-corrected chi connectivity index (χ3v) is 12.3. The lowest BCUT2D eigenvalue weighted by molar-refractivity contribution is 0.660. The van der Waals surface area contributed by atoms with E-state index >= 15 is 0 Å². The lowest BCUT2D eigenvalue weighted by Crippen LogP contribution is -2.16. The summed E-state index contributed by atoms with van der Waals surface area (Å²) in [4.78, 5) is 2.41. The van der Waals surface area contributed by atoms with Crippen molar-refractivity contribution < 1.29 is 8.83 Å². The molecule has 2 aromatic heterocycles. The highest BCUT2D eigenvalue weighted by Gasteiger charge is 2.38. The van der Waals surface area contributed by atoms with Gasteiger partial charge in [0.1, 0.15) is 16.7 Å². The fourth-order valence-corrected chi connectivity index (χ4v) is 9.60.